The Balaban J connectivity index is 0.00000300. The molecule has 0 aliphatic carbocycles. The van der Waals surface area contributed by atoms with Crippen molar-refractivity contribution in [3.05, 3.63) is 41.5 Å². The first-order valence-electron chi connectivity index (χ1n) is 9.05. The predicted octanol–water partition coefficient (Wildman–Crippen LogP) is 1.88. The van der Waals surface area contributed by atoms with Crippen molar-refractivity contribution in [2.75, 3.05) is 27.3 Å². The van der Waals surface area contributed by atoms with E-state index in [1.165, 1.54) is 6.07 Å². The van der Waals surface area contributed by atoms with Gasteiger partial charge in [-0.2, -0.15) is 5.10 Å². The van der Waals surface area contributed by atoms with Crippen LogP contribution in [0.3, 0.4) is 0 Å². The molecule has 3 rings (SSSR count). The summed E-state index contributed by atoms with van der Waals surface area (Å²) < 4.78 is 38.5. The normalized spacial score (nSPS) is 16.0. The Labute approximate surface area is 185 Å². The van der Waals surface area contributed by atoms with Crippen LogP contribution >= 0.6 is 24.0 Å². The lowest BCUT2D eigenvalue weighted by molar-refractivity contribution is 0.177. The Bertz CT molecular complexity index is 833. The van der Waals surface area contributed by atoms with E-state index in [0.717, 1.165) is 30.8 Å². The molecular formula is C18H25F2IN6O2. The van der Waals surface area contributed by atoms with Crippen LogP contribution in [0.1, 0.15) is 18.1 Å². The fourth-order valence-electron chi connectivity index (χ4n) is 2.96. The van der Waals surface area contributed by atoms with E-state index < -0.39 is 11.6 Å². The second-order valence-corrected chi connectivity index (χ2v) is 6.36. The number of aromatic nitrogens is 3. The van der Waals surface area contributed by atoms with Crippen LogP contribution in [0.5, 0.6) is 5.75 Å². The first-order chi connectivity index (χ1) is 13.6. The molecule has 0 saturated carbocycles. The van der Waals surface area contributed by atoms with E-state index in [4.69, 9.17) is 9.47 Å². The van der Waals surface area contributed by atoms with Crippen LogP contribution in [0.25, 0.3) is 0 Å². The Kier molecular flexibility index (Phi) is 9.01. The van der Waals surface area contributed by atoms with Crippen LogP contribution in [-0.2, 0) is 24.3 Å². The number of aliphatic imine (C=N–C) groups is 1. The van der Waals surface area contributed by atoms with Crippen molar-refractivity contribution >= 4 is 29.9 Å². The molecule has 0 fully saturated rings. The molecule has 2 aromatic rings. The number of aryl methyl sites for hydroxylation is 1. The average molecular weight is 522 g/mol. The van der Waals surface area contributed by atoms with Crippen molar-refractivity contribution in [1.82, 2.24) is 25.4 Å². The van der Waals surface area contributed by atoms with Gasteiger partial charge in [0.1, 0.15) is 24.8 Å². The number of methoxy groups -OCH3 is 1. The summed E-state index contributed by atoms with van der Waals surface area (Å²) in [6, 6.07) is 3.62. The van der Waals surface area contributed by atoms with Gasteiger partial charge in [-0.3, -0.25) is 4.99 Å². The molecule has 0 amide bonds. The van der Waals surface area contributed by atoms with Crippen LogP contribution in [0.4, 0.5) is 8.78 Å². The van der Waals surface area contributed by atoms with Crippen molar-refractivity contribution < 1.29 is 18.3 Å². The number of halogens is 3. The van der Waals surface area contributed by atoms with E-state index in [9.17, 15) is 8.78 Å². The molecule has 2 heterocycles. The van der Waals surface area contributed by atoms with Gasteiger partial charge in [-0.1, -0.05) is 0 Å². The summed E-state index contributed by atoms with van der Waals surface area (Å²) in [6.45, 7) is 1.83. The lowest BCUT2D eigenvalue weighted by atomic mass is 10.1. The molecule has 1 aromatic carbocycles. The van der Waals surface area contributed by atoms with Gasteiger partial charge in [-0.05, 0) is 18.6 Å². The van der Waals surface area contributed by atoms with Crippen molar-refractivity contribution in [2.45, 2.75) is 32.0 Å². The van der Waals surface area contributed by atoms with Gasteiger partial charge >= 0.3 is 0 Å². The number of guanidine groups is 1. The highest BCUT2D eigenvalue weighted by Gasteiger charge is 2.22. The van der Waals surface area contributed by atoms with Crippen LogP contribution in [0.15, 0.2) is 23.2 Å². The quantitative estimate of drug-likeness (QED) is 0.250. The van der Waals surface area contributed by atoms with Crippen LogP contribution in [0.2, 0.25) is 0 Å². The lowest BCUT2D eigenvalue weighted by Crippen LogP contribution is -2.47. The van der Waals surface area contributed by atoms with Gasteiger partial charge in [0.05, 0.1) is 13.1 Å². The molecule has 0 bridgehead atoms. The number of rotatable bonds is 7. The smallest absolute Gasteiger partial charge is 0.191 e. The molecule has 1 aromatic heterocycles. The van der Waals surface area contributed by atoms with E-state index in [2.05, 4.69) is 25.7 Å². The number of fused-ring (bicyclic) bond motifs is 1. The average Bonchev–Trinajstić information content (AvgIpc) is 3.09. The van der Waals surface area contributed by atoms with E-state index in [1.807, 2.05) is 4.68 Å². The molecule has 2 N–H and O–H groups in total. The number of nitrogens with one attached hydrogen (secondary N) is 2. The van der Waals surface area contributed by atoms with E-state index in [1.54, 1.807) is 14.2 Å². The molecule has 1 unspecified atom stereocenters. The first-order valence-corrected chi connectivity index (χ1v) is 9.05. The van der Waals surface area contributed by atoms with Gasteiger partial charge < -0.3 is 20.1 Å². The highest BCUT2D eigenvalue weighted by Crippen LogP contribution is 2.15. The maximum absolute atomic E-state index is 13.2. The molecule has 0 saturated heterocycles. The van der Waals surface area contributed by atoms with Gasteiger partial charge in [0.2, 0.25) is 0 Å². The molecule has 1 atom stereocenters. The third-order valence-electron chi connectivity index (χ3n) is 4.29. The van der Waals surface area contributed by atoms with E-state index in [-0.39, 0.29) is 42.4 Å². The van der Waals surface area contributed by atoms with Gasteiger partial charge in [0.15, 0.2) is 23.4 Å². The van der Waals surface area contributed by atoms with E-state index in [0.29, 0.717) is 31.5 Å². The van der Waals surface area contributed by atoms with Crippen LogP contribution in [0, 0.1) is 11.6 Å². The zero-order chi connectivity index (χ0) is 19.9. The van der Waals surface area contributed by atoms with Crippen molar-refractivity contribution in [2.24, 2.45) is 4.99 Å². The molecule has 11 heteroatoms. The Hall–Kier alpha value is -2.02. The molecule has 0 radical (unpaired) electrons. The maximum Gasteiger partial charge on any atom is 0.191 e. The summed E-state index contributed by atoms with van der Waals surface area (Å²) >= 11 is 0. The summed E-state index contributed by atoms with van der Waals surface area (Å²) in [4.78, 5) is 8.67. The minimum absolute atomic E-state index is 0. The minimum Gasteiger partial charge on any atom is -0.492 e. The SMILES string of the molecule is CN=C(NCCOc1ccc(F)c(F)c1)NC1CCc2nc(COC)nn2C1.I. The van der Waals surface area contributed by atoms with Gasteiger partial charge in [0, 0.05) is 32.7 Å². The highest BCUT2D eigenvalue weighted by molar-refractivity contribution is 14.0. The second-order valence-electron chi connectivity index (χ2n) is 6.36. The monoisotopic (exact) mass is 522 g/mol. The topological polar surface area (TPSA) is 85.6 Å². The summed E-state index contributed by atoms with van der Waals surface area (Å²) in [6.07, 6.45) is 1.74. The summed E-state index contributed by atoms with van der Waals surface area (Å²) in [5.41, 5.74) is 0. The molecule has 1 aliphatic rings. The number of hydrogen-bond donors (Lipinski definition) is 2. The number of hydrogen-bond acceptors (Lipinski definition) is 5. The molecular weight excluding hydrogens is 497 g/mol. The summed E-state index contributed by atoms with van der Waals surface area (Å²) in [7, 11) is 3.31. The van der Waals surface area contributed by atoms with E-state index >= 15 is 0 Å². The fourth-order valence-corrected chi connectivity index (χ4v) is 2.96. The molecule has 29 heavy (non-hydrogen) atoms. The maximum atomic E-state index is 13.2. The summed E-state index contributed by atoms with van der Waals surface area (Å²) in [5.74, 6) is 0.748. The third kappa shape index (κ3) is 6.49. The third-order valence-corrected chi connectivity index (χ3v) is 4.29. The Morgan fingerprint density at radius 1 is 1.34 bits per heavy atom. The zero-order valence-electron chi connectivity index (χ0n) is 16.3. The van der Waals surface area contributed by atoms with Gasteiger partial charge in [0.25, 0.3) is 0 Å². The fraction of sp³-hybridized carbons (Fsp3) is 0.500. The first kappa shape index (κ1) is 23.3. The second kappa shape index (κ2) is 11.2. The molecule has 8 nitrogen and oxygen atoms in total. The predicted molar refractivity (Wildman–Crippen MR) is 115 cm³/mol. The van der Waals surface area contributed by atoms with Crippen molar-refractivity contribution in [3.8, 4) is 5.75 Å². The molecule has 160 valence electrons. The standard InChI is InChI=1S/C18H24F2N6O2.HI/c1-21-18(22-7-8-28-13-4-5-14(19)15(20)9-13)23-12-3-6-17-24-16(11-27-2)25-26(17)10-12;/h4-5,9,12H,3,6-8,10-11H2,1-2H3,(H2,21,22,23);1H. The zero-order valence-corrected chi connectivity index (χ0v) is 18.7. The highest BCUT2D eigenvalue weighted by atomic mass is 127. The van der Waals surface area contributed by atoms with Gasteiger partial charge in [-0.15, -0.1) is 24.0 Å². The number of nitrogens with zero attached hydrogens (tertiary/aromatic N) is 4. The Morgan fingerprint density at radius 3 is 2.90 bits per heavy atom. The van der Waals surface area contributed by atoms with Crippen LogP contribution in [-0.4, -0.2) is 54.1 Å². The molecule has 1 aliphatic heterocycles. The number of ether oxygens (including phenoxy) is 2. The lowest BCUT2D eigenvalue weighted by Gasteiger charge is -2.25. The largest absolute Gasteiger partial charge is 0.492 e. The Morgan fingerprint density at radius 2 is 2.17 bits per heavy atom. The van der Waals surface area contributed by atoms with Crippen LogP contribution < -0.4 is 15.4 Å². The number of benzene rings is 1. The van der Waals surface area contributed by atoms with Gasteiger partial charge in [-0.25, -0.2) is 18.4 Å². The van der Waals surface area contributed by atoms with Crippen molar-refractivity contribution in [1.29, 1.82) is 0 Å². The molecule has 0 spiro atoms. The summed E-state index contributed by atoms with van der Waals surface area (Å²) in [5, 5.41) is 10.9. The van der Waals surface area contributed by atoms with Crippen molar-refractivity contribution in [3.63, 3.8) is 0 Å². The minimum atomic E-state index is -0.929.